The molecule has 0 fully saturated rings. The molecule has 35 heavy (non-hydrogen) atoms. The highest BCUT2D eigenvalue weighted by atomic mass is 79.9. The van der Waals surface area contributed by atoms with Crippen LogP contribution in [0.25, 0.3) is 22.6 Å². The lowest BCUT2D eigenvalue weighted by atomic mass is 10.1. The van der Waals surface area contributed by atoms with Gasteiger partial charge < -0.3 is 14.6 Å². The molecule has 0 saturated heterocycles. The Kier molecular flexibility index (Phi) is 7.99. The summed E-state index contributed by atoms with van der Waals surface area (Å²) in [7, 11) is 1.51. The van der Waals surface area contributed by atoms with Crippen LogP contribution in [0.15, 0.2) is 70.5 Å². The number of methoxy groups -OCH3 is 1. The molecule has 0 aliphatic heterocycles. The van der Waals surface area contributed by atoms with Gasteiger partial charge in [-0.15, -0.1) is 11.3 Å². The number of rotatable bonds is 7. The highest BCUT2D eigenvalue weighted by Crippen LogP contribution is 2.40. The maximum Gasteiger partial charge on any atom is 0.175 e. The molecule has 0 bridgehead atoms. The zero-order valence-electron chi connectivity index (χ0n) is 18.3. The van der Waals surface area contributed by atoms with Crippen molar-refractivity contribution in [2.24, 2.45) is 0 Å². The van der Waals surface area contributed by atoms with Crippen molar-refractivity contribution in [3.8, 4) is 28.8 Å². The van der Waals surface area contributed by atoms with Gasteiger partial charge >= 0.3 is 0 Å². The average Bonchev–Trinajstić information content (AvgIpc) is 3.35. The second-order valence-corrected chi connectivity index (χ2v) is 9.79. The predicted octanol–water partition coefficient (Wildman–Crippen LogP) is 8.42. The first-order chi connectivity index (χ1) is 16.9. The third-order valence-electron chi connectivity index (χ3n) is 5.01. The van der Waals surface area contributed by atoms with Crippen LogP contribution in [0.1, 0.15) is 16.1 Å². The molecule has 0 radical (unpaired) electrons. The summed E-state index contributed by atoms with van der Waals surface area (Å²) in [5.41, 5.74) is 2.79. The molecule has 9 heteroatoms. The molecule has 1 heterocycles. The molecule has 1 N–H and O–H groups in total. The van der Waals surface area contributed by atoms with Crippen LogP contribution in [0.3, 0.4) is 0 Å². The lowest BCUT2D eigenvalue weighted by Crippen LogP contribution is -2.00. The number of nitriles is 1. The summed E-state index contributed by atoms with van der Waals surface area (Å²) in [6, 6.07) is 20.3. The molecule has 0 saturated carbocycles. The topological polar surface area (TPSA) is 75.4 Å². The molecule has 3 aromatic carbocycles. The molecule has 0 spiro atoms. The third kappa shape index (κ3) is 5.63. The Hall–Kier alpha value is -3.02. The first kappa shape index (κ1) is 25.1. The minimum atomic E-state index is -0.226. The number of halogens is 3. The second-order valence-electron chi connectivity index (χ2n) is 7.27. The summed E-state index contributed by atoms with van der Waals surface area (Å²) in [6.45, 7) is 0.344. The summed E-state index contributed by atoms with van der Waals surface area (Å²) < 4.78 is 12.0. The van der Waals surface area contributed by atoms with Crippen molar-refractivity contribution in [2.45, 2.75) is 6.61 Å². The molecule has 176 valence electrons. The number of thiazole rings is 1. The highest BCUT2D eigenvalue weighted by Gasteiger charge is 2.19. The molecule has 0 atom stereocenters. The van der Waals surface area contributed by atoms with Gasteiger partial charge in [0.25, 0.3) is 0 Å². The van der Waals surface area contributed by atoms with Crippen LogP contribution in [0.2, 0.25) is 10.0 Å². The number of aliphatic hydroxyl groups is 1. The van der Waals surface area contributed by atoms with Crippen LogP contribution in [0.5, 0.6) is 11.5 Å². The molecule has 0 unspecified atom stereocenters. The zero-order valence-corrected chi connectivity index (χ0v) is 22.2. The first-order valence-corrected chi connectivity index (χ1v) is 12.6. The quantitative estimate of drug-likeness (QED) is 0.173. The van der Waals surface area contributed by atoms with Crippen LogP contribution < -0.4 is 9.47 Å². The van der Waals surface area contributed by atoms with Gasteiger partial charge in [-0.05, 0) is 45.8 Å². The van der Waals surface area contributed by atoms with Crippen LogP contribution >= 0.6 is 50.5 Å². The molecule has 4 aromatic rings. The van der Waals surface area contributed by atoms with Gasteiger partial charge in [-0.25, -0.2) is 4.98 Å². The fourth-order valence-electron chi connectivity index (χ4n) is 3.25. The zero-order chi connectivity index (χ0) is 24.9. The van der Waals surface area contributed by atoms with E-state index in [-0.39, 0.29) is 11.3 Å². The fourth-order valence-corrected chi connectivity index (χ4v) is 4.93. The van der Waals surface area contributed by atoms with Crippen molar-refractivity contribution in [1.82, 2.24) is 4.98 Å². The maximum absolute atomic E-state index is 11.0. The van der Waals surface area contributed by atoms with Gasteiger partial charge in [-0.3, -0.25) is 0 Å². The Bertz CT molecular complexity index is 1450. The molecule has 0 aliphatic rings. The normalized spacial score (nSPS) is 11.5. The van der Waals surface area contributed by atoms with Gasteiger partial charge in [-0.1, -0.05) is 59.6 Å². The van der Waals surface area contributed by atoms with Crippen molar-refractivity contribution in [2.75, 3.05) is 7.11 Å². The summed E-state index contributed by atoms with van der Waals surface area (Å²) in [6.07, 6.45) is 0. The van der Waals surface area contributed by atoms with Gasteiger partial charge in [0.05, 0.1) is 27.3 Å². The molecular formula is C26H17BrCl2N2O3S. The molecular weight excluding hydrogens is 571 g/mol. The van der Waals surface area contributed by atoms with Crippen LogP contribution in [0, 0.1) is 11.3 Å². The summed E-state index contributed by atoms with van der Waals surface area (Å²) in [5, 5.41) is 23.8. The number of aliphatic hydroxyl groups excluding tert-OH is 1. The SMILES string of the molecule is COc1cc(C(O)=C(C#N)c2nc(-c3ccc(Cl)c(Cl)c3)cs2)cc(Br)c1OCc1ccccc1. The Morgan fingerprint density at radius 3 is 2.57 bits per heavy atom. The minimum absolute atomic E-state index is 0.0354. The van der Waals surface area contributed by atoms with E-state index in [1.807, 2.05) is 30.3 Å². The van der Waals surface area contributed by atoms with Crippen molar-refractivity contribution in [3.63, 3.8) is 0 Å². The number of allylic oxidation sites excluding steroid dienone is 1. The number of aromatic nitrogens is 1. The standard InChI is InChI=1S/C26H17BrCl2N2O3S/c1-33-23-11-17(9-19(27)25(23)34-13-15-5-3-2-4-6-15)24(32)18(12-30)26-31-22(14-35-26)16-7-8-20(28)21(29)10-16/h2-11,14,32H,13H2,1H3. The predicted molar refractivity (Wildman–Crippen MR) is 144 cm³/mol. The monoisotopic (exact) mass is 586 g/mol. The Balaban J connectivity index is 1.66. The Labute approximate surface area is 224 Å². The fraction of sp³-hybridized carbons (Fsp3) is 0.0769. The van der Waals surface area contributed by atoms with E-state index in [1.165, 1.54) is 18.4 Å². The lowest BCUT2D eigenvalue weighted by Gasteiger charge is -2.14. The van der Waals surface area contributed by atoms with Crippen molar-refractivity contribution in [1.29, 1.82) is 5.26 Å². The van der Waals surface area contributed by atoms with E-state index >= 15 is 0 Å². The van der Waals surface area contributed by atoms with Crippen molar-refractivity contribution >= 4 is 61.8 Å². The van der Waals surface area contributed by atoms with Crippen LogP contribution in [-0.2, 0) is 6.61 Å². The van der Waals surface area contributed by atoms with Crippen LogP contribution in [0.4, 0.5) is 0 Å². The number of nitrogens with zero attached hydrogens (tertiary/aromatic N) is 2. The van der Waals surface area contributed by atoms with E-state index in [0.717, 1.165) is 11.1 Å². The second kappa shape index (κ2) is 11.1. The van der Waals surface area contributed by atoms with Gasteiger partial charge in [0, 0.05) is 16.5 Å². The van der Waals surface area contributed by atoms with Gasteiger partial charge in [0.15, 0.2) is 11.5 Å². The van der Waals surface area contributed by atoms with Crippen molar-refractivity contribution < 1.29 is 14.6 Å². The first-order valence-electron chi connectivity index (χ1n) is 10.2. The van der Waals surface area contributed by atoms with Gasteiger partial charge in [0.2, 0.25) is 0 Å². The smallest absolute Gasteiger partial charge is 0.175 e. The van der Waals surface area contributed by atoms with E-state index in [2.05, 4.69) is 27.0 Å². The number of hydrogen-bond acceptors (Lipinski definition) is 6. The summed E-state index contributed by atoms with van der Waals surface area (Å²) in [5.74, 6) is 0.670. The number of ether oxygens (including phenoxy) is 2. The van der Waals surface area contributed by atoms with E-state index in [0.29, 0.717) is 48.9 Å². The lowest BCUT2D eigenvalue weighted by molar-refractivity contribution is 0.282. The molecule has 0 amide bonds. The third-order valence-corrected chi connectivity index (χ3v) is 7.20. The van der Waals surface area contributed by atoms with Crippen LogP contribution in [-0.4, -0.2) is 17.2 Å². The maximum atomic E-state index is 11.0. The summed E-state index contributed by atoms with van der Waals surface area (Å²) >= 11 is 16.9. The largest absolute Gasteiger partial charge is 0.506 e. The average molecular weight is 588 g/mol. The number of hydrogen-bond donors (Lipinski definition) is 1. The van der Waals surface area contributed by atoms with Crippen molar-refractivity contribution in [3.05, 3.63) is 96.7 Å². The minimum Gasteiger partial charge on any atom is -0.506 e. The van der Waals surface area contributed by atoms with Gasteiger partial charge in [0.1, 0.15) is 29.0 Å². The molecule has 4 rings (SSSR count). The van der Waals surface area contributed by atoms with E-state index < -0.39 is 0 Å². The van der Waals surface area contributed by atoms with E-state index in [9.17, 15) is 10.4 Å². The molecule has 5 nitrogen and oxygen atoms in total. The van der Waals surface area contributed by atoms with E-state index in [4.69, 9.17) is 32.7 Å². The summed E-state index contributed by atoms with van der Waals surface area (Å²) in [4.78, 5) is 4.52. The molecule has 1 aromatic heterocycles. The number of benzene rings is 3. The molecule has 0 aliphatic carbocycles. The highest BCUT2D eigenvalue weighted by molar-refractivity contribution is 9.10. The Morgan fingerprint density at radius 2 is 1.89 bits per heavy atom. The van der Waals surface area contributed by atoms with Gasteiger partial charge in [-0.2, -0.15) is 5.26 Å². The van der Waals surface area contributed by atoms with E-state index in [1.54, 1.807) is 35.7 Å². The Morgan fingerprint density at radius 1 is 1.11 bits per heavy atom.